The summed E-state index contributed by atoms with van der Waals surface area (Å²) in [5.41, 5.74) is -0.746. The number of rotatable bonds is 6. The number of carbonyl (C=O) groups is 1. The van der Waals surface area contributed by atoms with Crippen molar-refractivity contribution >= 4 is 5.97 Å². The molecule has 1 aliphatic heterocycles. The van der Waals surface area contributed by atoms with Gasteiger partial charge in [0, 0.05) is 38.8 Å². The Morgan fingerprint density at radius 2 is 1.89 bits per heavy atom. The van der Waals surface area contributed by atoms with Crippen molar-refractivity contribution in [2.45, 2.75) is 38.3 Å². The molecule has 1 saturated carbocycles. The van der Waals surface area contributed by atoms with E-state index < -0.39 is 11.5 Å². The Morgan fingerprint density at radius 1 is 1.32 bits per heavy atom. The highest BCUT2D eigenvalue weighted by Crippen LogP contribution is 2.41. The van der Waals surface area contributed by atoms with Crippen molar-refractivity contribution in [3.63, 3.8) is 0 Å². The molecule has 1 saturated heterocycles. The molecule has 0 spiro atoms. The first-order valence-corrected chi connectivity index (χ1v) is 7.36. The third-order valence-electron chi connectivity index (χ3n) is 4.27. The van der Waals surface area contributed by atoms with Crippen LogP contribution in [0.25, 0.3) is 0 Å². The molecule has 0 bridgehead atoms. The van der Waals surface area contributed by atoms with E-state index in [4.69, 9.17) is 0 Å². The first kappa shape index (κ1) is 14.8. The lowest BCUT2D eigenvalue weighted by Crippen LogP contribution is -2.64. The third kappa shape index (κ3) is 3.46. The van der Waals surface area contributed by atoms with Crippen LogP contribution in [0.15, 0.2) is 0 Å². The number of carboxylic acid groups (broad SMARTS) is 1. The number of hydrogen-bond acceptors (Lipinski definition) is 4. The van der Waals surface area contributed by atoms with Gasteiger partial charge in [-0.3, -0.25) is 15.0 Å². The quantitative estimate of drug-likeness (QED) is 0.734. The second-order valence-corrected chi connectivity index (χ2v) is 6.43. The zero-order valence-electron chi connectivity index (χ0n) is 12.4. The summed E-state index contributed by atoms with van der Waals surface area (Å²) in [6, 6.07) is 0.198. The molecular weight excluding hydrogens is 242 g/mol. The minimum Gasteiger partial charge on any atom is -0.480 e. The zero-order valence-corrected chi connectivity index (χ0v) is 12.4. The fourth-order valence-corrected chi connectivity index (χ4v) is 3.05. The number of hydrogen-bond donors (Lipinski definition) is 2. The third-order valence-corrected chi connectivity index (χ3v) is 4.27. The van der Waals surface area contributed by atoms with E-state index in [2.05, 4.69) is 22.2 Å². The highest BCUT2D eigenvalue weighted by Gasteiger charge is 2.52. The predicted octanol–water partition coefficient (Wildman–Crippen LogP) is 0.465. The monoisotopic (exact) mass is 269 g/mol. The number of nitrogens with zero attached hydrogens (tertiary/aromatic N) is 2. The maximum Gasteiger partial charge on any atom is 0.325 e. The van der Waals surface area contributed by atoms with E-state index in [1.807, 2.05) is 13.8 Å². The van der Waals surface area contributed by atoms with E-state index in [1.54, 1.807) is 0 Å². The van der Waals surface area contributed by atoms with E-state index in [-0.39, 0.29) is 6.04 Å². The van der Waals surface area contributed by atoms with Crippen molar-refractivity contribution < 1.29 is 9.90 Å². The van der Waals surface area contributed by atoms with E-state index in [9.17, 15) is 9.90 Å². The van der Waals surface area contributed by atoms with E-state index in [0.717, 1.165) is 39.0 Å². The summed E-state index contributed by atoms with van der Waals surface area (Å²) in [4.78, 5) is 16.5. The summed E-state index contributed by atoms with van der Waals surface area (Å²) in [5, 5.41) is 13.1. The molecular formula is C14H27N3O2. The van der Waals surface area contributed by atoms with Crippen molar-refractivity contribution in [2.24, 2.45) is 5.92 Å². The van der Waals surface area contributed by atoms with Crippen LogP contribution in [0.5, 0.6) is 0 Å². The summed E-state index contributed by atoms with van der Waals surface area (Å²) in [6.45, 7) is 8.70. The second-order valence-electron chi connectivity index (χ2n) is 6.43. The highest BCUT2D eigenvalue weighted by atomic mass is 16.4. The smallest absolute Gasteiger partial charge is 0.325 e. The number of piperazine rings is 1. The molecule has 2 aliphatic rings. The Hall–Kier alpha value is -0.650. The summed E-state index contributed by atoms with van der Waals surface area (Å²) in [6.07, 6.45) is 2.08. The van der Waals surface area contributed by atoms with Crippen LogP contribution in [-0.4, -0.2) is 72.2 Å². The lowest BCUT2D eigenvalue weighted by atomic mass is 9.91. The Balaban J connectivity index is 2.06. The molecule has 0 aromatic carbocycles. The van der Waals surface area contributed by atoms with Crippen molar-refractivity contribution in [1.29, 1.82) is 0 Å². The van der Waals surface area contributed by atoms with Crippen LogP contribution in [0.3, 0.4) is 0 Å². The number of nitrogens with one attached hydrogen (secondary N) is 1. The summed E-state index contributed by atoms with van der Waals surface area (Å²) in [5.74, 6) is -0.380. The molecule has 0 aromatic heterocycles. The van der Waals surface area contributed by atoms with Crippen LogP contribution in [0.2, 0.25) is 0 Å². The molecule has 2 rings (SSSR count). The lowest BCUT2D eigenvalue weighted by molar-refractivity contribution is -0.147. The van der Waals surface area contributed by atoms with E-state index in [1.165, 1.54) is 0 Å². The molecule has 1 heterocycles. The van der Waals surface area contributed by atoms with Crippen LogP contribution in [-0.2, 0) is 4.79 Å². The number of aliphatic carboxylic acids is 1. The maximum absolute atomic E-state index is 11.9. The molecule has 2 fully saturated rings. The van der Waals surface area contributed by atoms with E-state index >= 15 is 0 Å². The van der Waals surface area contributed by atoms with Gasteiger partial charge in [0.1, 0.15) is 5.54 Å². The lowest BCUT2D eigenvalue weighted by Gasteiger charge is -2.40. The van der Waals surface area contributed by atoms with E-state index in [0.29, 0.717) is 12.5 Å². The first-order valence-electron chi connectivity index (χ1n) is 7.36. The van der Waals surface area contributed by atoms with Crippen molar-refractivity contribution in [2.75, 3.05) is 39.8 Å². The normalized spacial score (nSPS) is 25.5. The van der Waals surface area contributed by atoms with Gasteiger partial charge in [-0.1, -0.05) is 0 Å². The molecule has 1 unspecified atom stereocenters. The highest BCUT2D eigenvalue weighted by molar-refractivity contribution is 5.80. The van der Waals surface area contributed by atoms with Crippen LogP contribution in [0.1, 0.15) is 26.7 Å². The SMILES string of the molecule is CC(C)NC(CN1CCN(C)CC1)(C(=O)O)C1CC1. The minimum absolute atomic E-state index is 0.198. The summed E-state index contributed by atoms with van der Waals surface area (Å²) in [7, 11) is 2.12. The van der Waals surface area contributed by atoms with Gasteiger partial charge in [-0.15, -0.1) is 0 Å². The predicted molar refractivity (Wildman–Crippen MR) is 75.3 cm³/mol. The van der Waals surface area contributed by atoms with Crippen molar-refractivity contribution in [3.8, 4) is 0 Å². The van der Waals surface area contributed by atoms with Gasteiger partial charge < -0.3 is 10.0 Å². The molecule has 19 heavy (non-hydrogen) atoms. The Kier molecular flexibility index (Phi) is 4.48. The van der Waals surface area contributed by atoms with Gasteiger partial charge >= 0.3 is 5.97 Å². The molecule has 2 N–H and O–H groups in total. The Bertz CT molecular complexity index is 323. The van der Waals surface area contributed by atoms with Gasteiger partial charge in [-0.25, -0.2) is 0 Å². The second kappa shape index (κ2) is 5.77. The first-order chi connectivity index (χ1) is 8.94. The average Bonchev–Trinajstić information content (AvgIpc) is 3.14. The zero-order chi connectivity index (χ0) is 14.0. The van der Waals surface area contributed by atoms with Crippen LogP contribution >= 0.6 is 0 Å². The van der Waals surface area contributed by atoms with Gasteiger partial charge in [0.05, 0.1) is 0 Å². The fourth-order valence-electron chi connectivity index (χ4n) is 3.05. The minimum atomic E-state index is -0.746. The molecule has 1 atom stereocenters. The summed E-state index contributed by atoms with van der Waals surface area (Å²) < 4.78 is 0. The molecule has 0 aromatic rings. The molecule has 0 amide bonds. The van der Waals surface area contributed by atoms with Crippen molar-refractivity contribution in [3.05, 3.63) is 0 Å². The van der Waals surface area contributed by atoms with Crippen LogP contribution in [0.4, 0.5) is 0 Å². The van der Waals surface area contributed by atoms with Gasteiger partial charge in [0.2, 0.25) is 0 Å². The number of carboxylic acids is 1. The van der Waals surface area contributed by atoms with Gasteiger partial charge in [-0.2, -0.15) is 0 Å². The standard InChI is InChI=1S/C14H27N3O2/c1-11(2)15-14(13(18)19,12-4-5-12)10-17-8-6-16(3)7-9-17/h11-12,15H,4-10H2,1-3H3,(H,18,19). The molecule has 1 aliphatic carbocycles. The largest absolute Gasteiger partial charge is 0.480 e. The summed E-state index contributed by atoms with van der Waals surface area (Å²) >= 11 is 0. The molecule has 0 radical (unpaired) electrons. The van der Waals surface area contributed by atoms with Gasteiger partial charge in [-0.05, 0) is 39.7 Å². The fraction of sp³-hybridized carbons (Fsp3) is 0.929. The van der Waals surface area contributed by atoms with Gasteiger partial charge in [0.25, 0.3) is 0 Å². The molecule has 5 nitrogen and oxygen atoms in total. The Labute approximate surface area is 115 Å². The van der Waals surface area contributed by atoms with Crippen LogP contribution < -0.4 is 5.32 Å². The maximum atomic E-state index is 11.9. The molecule has 110 valence electrons. The Morgan fingerprint density at radius 3 is 2.32 bits per heavy atom. The van der Waals surface area contributed by atoms with Gasteiger partial charge in [0.15, 0.2) is 0 Å². The molecule has 5 heteroatoms. The number of likely N-dealkylation sites (N-methyl/N-ethyl adjacent to an activating group) is 1. The van der Waals surface area contributed by atoms with Crippen molar-refractivity contribution in [1.82, 2.24) is 15.1 Å². The topological polar surface area (TPSA) is 55.8 Å². The van der Waals surface area contributed by atoms with Crippen LogP contribution in [0, 0.1) is 5.92 Å². The average molecular weight is 269 g/mol.